The fourth-order valence-corrected chi connectivity index (χ4v) is 2.70. The zero-order valence-electron chi connectivity index (χ0n) is 18.2. The van der Waals surface area contributed by atoms with Crippen molar-refractivity contribution in [1.29, 1.82) is 0 Å². The Balaban J connectivity index is 1.99. The SMILES string of the molecule is Cc1ccc(Nc2c(C(=O)NOCCC(C)OCCC(C)C)ccc(F)c2F)c(F)c1. The molecule has 0 fully saturated rings. The molecule has 0 saturated heterocycles. The van der Waals surface area contributed by atoms with Crippen LogP contribution in [-0.2, 0) is 9.57 Å². The summed E-state index contributed by atoms with van der Waals surface area (Å²) in [5.74, 6) is -3.35. The van der Waals surface area contributed by atoms with Crippen molar-refractivity contribution in [3.05, 3.63) is 58.9 Å². The van der Waals surface area contributed by atoms with E-state index < -0.39 is 29.0 Å². The normalized spacial score (nSPS) is 12.1. The van der Waals surface area contributed by atoms with Crippen LogP contribution in [0.4, 0.5) is 24.5 Å². The Labute approximate surface area is 180 Å². The number of hydrogen-bond acceptors (Lipinski definition) is 4. The van der Waals surface area contributed by atoms with E-state index in [1.54, 1.807) is 13.0 Å². The van der Waals surface area contributed by atoms with Crippen molar-refractivity contribution < 1.29 is 27.5 Å². The van der Waals surface area contributed by atoms with Gasteiger partial charge in [-0.3, -0.25) is 9.63 Å². The third kappa shape index (κ3) is 7.56. The summed E-state index contributed by atoms with van der Waals surface area (Å²) >= 11 is 0. The minimum absolute atomic E-state index is 0.0549. The van der Waals surface area contributed by atoms with Crippen LogP contribution < -0.4 is 10.8 Å². The maximum atomic E-state index is 14.4. The minimum atomic E-state index is -1.29. The van der Waals surface area contributed by atoms with Gasteiger partial charge in [-0.05, 0) is 62.4 Å². The number of carbonyl (C=O) groups is 1. The molecular formula is C23H29F3N2O3. The molecule has 0 aliphatic rings. The van der Waals surface area contributed by atoms with E-state index in [9.17, 15) is 18.0 Å². The van der Waals surface area contributed by atoms with Crippen molar-refractivity contribution in [2.24, 2.45) is 5.92 Å². The number of ether oxygens (including phenoxy) is 1. The second-order valence-electron chi connectivity index (χ2n) is 7.82. The zero-order valence-corrected chi connectivity index (χ0v) is 18.2. The molecule has 0 radical (unpaired) electrons. The summed E-state index contributed by atoms with van der Waals surface area (Å²) in [5.41, 5.74) is 2.09. The highest BCUT2D eigenvalue weighted by molar-refractivity contribution is 5.99. The van der Waals surface area contributed by atoms with E-state index in [1.165, 1.54) is 12.1 Å². The molecule has 0 aromatic heterocycles. The van der Waals surface area contributed by atoms with Gasteiger partial charge in [0.05, 0.1) is 29.6 Å². The van der Waals surface area contributed by atoms with Gasteiger partial charge in [0.2, 0.25) is 0 Å². The zero-order chi connectivity index (χ0) is 23.0. The molecule has 2 aromatic carbocycles. The molecule has 31 heavy (non-hydrogen) atoms. The molecule has 8 heteroatoms. The molecule has 0 heterocycles. The lowest BCUT2D eigenvalue weighted by atomic mass is 10.1. The van der Waals surface area contributed by atoms with Gasteiger partial charge in [-0.1, -0.05) is 19.9 Å². The third-order valence-corrected chi connectivity index (χ3v) is 4.61. The highest BCUT2D eigenvalue weighted by Crippen LogP contribution is 2.28. The van der Waals surface area contributed by atoms with E-state index in [1.807, 2.05) is 6.92 Å². The van der Waals surface area contributed by atoms with Gasteiger partial charge in [0.15, 0.2) is 11.6 Å². The Kier molecular flexibility index (Phi) is 9.33. The standard InChI is InChI=1S/C23H29F3N2O3/c1-14(2)9-11-30-16(4)10-12-31-28-23(29)17-6-7-18(24)21(26)22(17)27-20-8-5-15(3)13-19(20)25/h5-8,13-14,16,27H,9-12H2,1-4H3,(H,28,29). The van der Waals surface area contributed by atoms with E-state index in [0.717, 1.165) is 18.6 Å². The highest BCUT2D eigenvalue weighted by Gasteiger charge is 2.20. The topological polar surface area (TPSA) is 59.6 Å². The number of benzene rings is 2. The van der Waals surface area contributed by atoms with E-state index in [2.05, 4.69) is 24.6 Å². The molecule has 2 rings (SSSR count). The quantitative estimate of drug-likeness (QED) is 0.351. The average Bonchev–Trinajstić information content (AvgIpc) is 2.70. The number of amides is 1. The Morgan fingerprint density at radius 3 is 2.42 bits per heavy atom. The summed E-state index contributed by atoms with van der Waals surface area (Å²) in [6, 6.07) is 6.16. The van der Waals surface area contributed by atoms with Gasteiger partial charge in [0.25, 0.3) is 5.91 Å². The molecule has 170 valence electrons. The molecule has 0 saturated carbocycles. The van der Waals surface area contributed by atoms with Gasteiger partial charge in [-0.25, -0.2) is 18.7 Å². The number of nitrogens with one attached hydrogen (secondary N) is 2. The first-order chi connectivity index (χ1) is 14.7. The maximum Gasteiger partial charge on any atom is 0.277 e. The van der Waals surface area contributed by atoms with Crippen molar-refractivity contribution in [3.63, 3.8) is 0 Å². The summed E-state index contributed by atoms with van der Waals surface area (Å²) in [5, 5.41) is 2.47. The molecule has 0 bridgehead atoms. The Bertz CT molecular complexity index is 891. The first kappa shape index (κ1) is 24.7. The van der Waals surface area contributed by atoms with Gasteiger partial charge in [-0.15, -0.1) is 0 Å². The Morgan fingerprint density at radius 1 is 1.00 bits per heavy atom. The number of hydrogen-bond donors (Lipinski definition) is 2. The summed E-state index contributed by atoms with van der Waals surface area (Å²) in [6.07, 6.45) is 1.44. The smallest absolute Gasteiger partial charge is 0.277 e. The summed E-state index contributed by atoms with van der Waals surface area (Å²) in [6.45, 7) is 8.64. The van der Waals surface area contributed by atoms with Gasteiger partial charge in [0.1, 0.15) is 5.82 Å². The van der Waals surface area contributed by atoms with Crippen LogP contribution in [0, 0.1) is 30.3 Å². The van der Waals surface area contributed by atoms with Crippen LogP contribution >= 0.6 is 0 Å². The molecule has 0 aliphatic heterocycles. The molecule has 1 unspecified atom stereocenters. The van der Waals surface area contributed by atoms with Crippen LogP contribution in [0.5, 0.6) is 0 Å². The number of carbonyl (C=O) groups excluding carboxylic acids is 1. The number of rotatable bonds is 11. The largest absolute Gasteiger partial charge is 0.378 e. The van der Waals surface area contributed by atoms with Crippen LogP contribution in [0.25, 0.3) is 0 Å². The van der Waals surface area contributed by atoms with E-state index in [-0.39, 0.29) is 24.0 Å². The summed E-state index contributed by atoms with van der Waals surface area (Å²) in [7, 11) is 0. The van der Waals surface area contributed by atoms with Gasteiger partial charge in [-0.2, -0.15) is 0 Å². The monoisotopic (exact) mass is 438 g/mol. The molecule has 5 nitrogen and oxygen atoms in total. The second kappa shape index (κ2) is 11.7. The maximum absolute atomic E-state index is 14.4. The second-order valence-corrected chi connectivity index (χ2v) is 7.82. The minimum Gasteiger partial charge on any atom is -0.378 e. The van der Waals surface area contributed by atoms with Crippen LogP contribution in [0.1, 0.15) is 49.5 Å². The number of aryl methyl sites for hydroxylation is 1. The number of halogens is 3. The van der Waals surface area contributed by atoms with E-state index in [4.69, 9.17) is 9.57 Å². The number of hydroxylamine groups is 1. The first-order valence-corrected chi connectivity index (χ1v) is 10.2. The molecule has 1 atom stereocenters. The van der Waals surface area contributed by atoms with Gasteiger partial charge in [0, 0.05) is 6.61 Å². The predicted octanol–water partition coefficient (Wildman–Crippen LogP) is 5.66. The lowest BCUT2D eigenvalue weighted by Crippen LogP contribution is -2.26. The average molecular weight is 438 g/mol. The fraction of sp³-hybridized carbons (Fsp3) is 0.435. The van der Waals surface area contributed by atoms with E-state index in [0.29, 0.717) is 24.5 Å². The lowest BCUT2D eigenvalue weighted by molar-refractivity contribution is -0.00125. The third-order valence-electron chi connectivity index (χ3n) is 4.61. The fourth-order valence-electron chi connectivity index (χ4n) is 2.70. The van der Waals surface area contributed by atoms with E-state index >= 15 is 0 Å². The van der Waals surface area contributed by atoms with Crippen molar-refractivity contribution in [1.82, 2.24) is 5.48 Å². The first-order valence-electron chi connectivity index (χ1n) is 10.2. The lowest BCUT2D eigenvalue weighted by Gasteiger charge is -2.16. The van der Waals surface area contributed by atoms with Crippen molar-refractivity contribution in [3.8, 4) is 0 Å². The van der Waals surface area contributed by atoms with Crippen LogP contribution in [-0.4, -0.2) is 25.2 Å². The molecule has 2 aromatic rings. The Morgan fingerprint density at radius 2 is 1.74 bits per heavy atom. The molecule has 0 spiro atoms. The van der Waals surface area contributed by atoms with Gasteiger partial charge >= 0.3 is 0 Å². The van der Waals surface area contributed by atoms with Crippen molar-refractivity contribution >= 4 is 17.3 Å². The molecule has 0 aliphatic carbocycles. The summed E-state index contributed by atoms with van der Waals surface area (Å²) < 4.78 is 47.9. The molecule has 1 amide bonds. The van der Waals surface area contributed by atoms with Crippen LogP contribution in [0.2, 0.25) is 0 Å². The number of anilines is 2. The highest BCUT2D eigenvalue weighted by atomic mass is 19.2. The van der Waals surface area contributed by atoms with Crippen molar-refractivity contribution in [2.75, 3.05) is 18.5 Å². The molecular weight excluding hydrogens is 409 g/mol. The van der Waals surface area contributed by atoms with Crippen LogP contribution in [0.3, 0.4) is 0 Å². The van der Waals surface area contributed by atoms with Crippen molar-refractivity contribution in [2.45, 2.75) is 46.6 Å². The Hall–Kier alpha value is -2.58. The predicted molar refractivity (Wildman–Crippen MR) is 114 cm³/mol. The molecule has 2 N–H and O–H groups in total. The van der Waals surface area contributed by atoms with Gasteiger partial charge < -0.3 is 10.1 Å². The summed E-state index contributed by atoms with van der Waals surface area (Å²) in [4.78, 5) is 17.6. The van der Waals surface area contributed by atoms with Crippen LogP contribution in [0.15, 0.2) is 30.3 Å².